The smallest absolute Gasteiger partial charge is 0.128 e. The van der Waals surface area contributed by atoms with E-state index in [0.717, 1.165) is 0 Å². The average Bonchev–Trinajstić information content (AvgIpc) is 2.67. The van der Waals surface area contributed by atoms with Gasteiger partial charge in [0.25, 0.3) is 0 Å². The summed E-state index contributed by atoms with van der Waals surface area (Å²) in [7, 11) is 0. The third-order valence-corrected chi connectivity index (χ3v) is 3.60. The van der Waals surface area contributed by atoms with Crippen molar-refractivity contribution >= 4 is 11.4 Å². The first-order valence-electron chi connectivity index (χ1n) is 7.84. The maximum absolute atomic E-state index is 13.8. The fraction of sp³-hybridized carbons (Fsp3) is 0.0500. The van der Waals surface area contributed by atoms with Crippen LogP contribution in [0, 0.1) is 11.2 Å². The van der Waals surface area contributed by atoms with E-state index in [1.165, 1.54) is 6.07 Å². The second kappa shape index (κ2) is 7.97. The minimum atomic E-state index is -0.268. The number of halogens is 1. The highest BCUT2D eigenvalue weighted by Gasteiger charge is 2.08. The van der Waals surface area contributed by atoms with Gasteiger partial charge >= 0.3 is 0 Å². The van der Waals surface area contributed by atoms with Gasteiger partial charge in [-0.05, 0) is 36.4 Å². The monoisotopic (exact) mass is 332 g/mol. The van der Waals surface area contributed by atoms with E-state index in [4.69, 9.17) is 5.41 Å². The first-order valence-corrected chi connectivity index (χ1v) is 7.84. The Morgan fingerprint density at radius 2 is 1.56 bits per heavy atom. The molecule has 3 aromatic rings. The highest BCUT2D eigenvalue weighted by Crippen LogP contribution is 2.13. The highest BCUT2D eigenvalue weighted by atomic mass is 19.1. The van der Waals surface area contributed by atoms with Gasteiger partial charge in [0.15, 0.2) is 0 Å². The molecule has 2 heterocycles. The van der Waals surface area contributed by atoms with Gasteiger partial charge in [-0.2, -0.15) is 0 Å². The third kappa shape index (κ3) is 4.35. The molecule has 0 saturated carbocycles. The molecule has 0 radical (unpaired) electrons. The van der Waals surface area contributed by atoms with Crippen LogP contribution >= 0.6 is 0 Å². The number of rotatable bonds is 6. The average molecular weight is 332 g/mol. The summed E-state index contributed by atoms with van der Waals surface area (Å²) < 4.78 is 13.8. The highest BCUT2D eigenvalue weighted by molar-refractivity contribution is 6.08. The summed E-state index contributed by atoms with van der Waals surface area (Å²) in [5.74, 6) is -0.268. The Morgan fingerprint density at radius 3 is 2.20 bits per heavy atom. The van der Waals surface area contributed by atoms with Crippen molar-refractivity contribution in [2.24, 2.45) is 0 Å². The lowest BCUT2D eigenvalue weighted by Gasteiger charge is -2.12. The van der Waals surface area contributed by atoms with Crippen LogP contribution in [0.25, 0.3) is 5.70 Å². The normalized spacial score (nSPS) is 11.2. The van der Waals surface area contributed by atoms with Gasteiger partial charge in [0.05, 0.1) is 22.8 Å². The van der Waals surface area contributed by atoms with Crippen molar-refractivity contribution in [3.63, 3.8) is 0 Å². The summed E-state index contributed by atoms with van der Waals surface area (Å²) in [5.41, 5.74) is 2.68. The molecule has 4 nitrogen and oxygen atoms in total. The summed E-state index contributed by atoms with van der Waals surface area (Å²) >= 11 is 0. The molecule has 0 atom stereocenters. The standard InChI is InChI=1S/C20H17FN4/c21-16-8-2-1-7-15(16)14-25-20(19-10-4-6-12-24-19)13-17(22)18-9-3-5-11-23-18/h1-13,22,25H,14H2/b20-13-,22-17?. The fourth-order valence-electron chi connectivity index (χ4n) is 2.31. The summed E-state index contributed by atoms with van der Waals surface area (Å²) in [5, 5.41) is 11.4. The number of allylic oxidation sites excluding steroid dienone is 1. The molecule has 124 valence electrons. The molecule has 0 aliphatic heterocycles. The Hall–Kier alpha value is -3.34. The van der Waals surface area contributed by atoms with Crippen LogP contribution in [0.15, 0.2) is 79.1 Å². The minimum absolute atomic E-state index is 0.252. The van der Waals surface area contributed by atoms with Gasteiger partial charge in [-0.3, -0.25) is 15.4 Å². The van der Waals surface area contributed by atoms with Crippen LogP contribution in [-0.2, 0) is 6.54 Å². The zero-order valence-electron chi connectivity index (χ0n) is 13.5. The predicted molar refractivity (Wildman–Crippen MR) is 96.5 cm³/mol. The largest absolute Gasteiger partial charge is 0.379 e. The van der Waals surface area contributed by atoms with Crippen LogP contribution in [0.1, 0.15) is 17.0 Å². The van der Waals surface area contributed by atoms with Crippen LogP contribution in [-0.4, -0.2) is 15.7 Å². The molecule has 0 fully saturated rings. The number of pyridine rings is 2. The molecule has 3 rings (SSSR count). The lowest BCUT2D eigenvalue weighted by Crippen LogP contribution is -2.15. The van der Waals surface area contributed by atoms with Crippen molar-refractivity contribution in [1.82, 2.24) is 15.3 Å². The fourth-order valence-corrected chi connectivity index (χ4v) is 2.31. The Balaban J connectivity index is 1.87. The second-order valence-electron chi connectivity index (χ2n) is 5.35. The summed E-state index contributed by atoms with van der Waals surface area (Å²) in [6, 6.07) is 17.5. The summed E-state index contributed by atoms with van der Waals surface area (Å²) in [6.45, 7) is 0.296. The molecule has 0 unspecified atom stereocenters. The van der Waals surface area contributed by atoms with Crippen LogP contribution in [0.4, 0.5) is 4.39 Å². The predicted octanol–water partition coefficient (Wildman–Crippen LogP) is 3.81. The van der Waals surface area contributed by atoms with Gasteiger partial charge in [0.1, 0.15) is 5.82 Å². The molecule has 5 heteroatoms. The van der Waals surface area contributed by atoms with Gasteiger partial charge in [-0.15, -0.1) is 0 Å². The van der Waals surface area contributed by atoms with E-state index in [1.54, 1.807) is 48.8 Å². The van der Waals surface area contributed by atoms with Gasteiger partial charge < -0.3 is 5.32 Å². The Labute approximate surface area is 145 Å². The van der Waals surface area contributed by atoms with E-state index in [0.29, 0.717) is 29.2 Å². The zero-order valence-corrected chi connectivity index (χ0v) is 13.5. The van der Waals surface area contributed by atoms with Gasteiger partial charge in [-0.25, -0.2) is 4.39 Å². The topological polar surface area (TPSA) is 61.7 Å². The van der Waals surface area contributed by atoms with Crippen molar-refractivity contribution in [2.45, 2.75) is 6.54 Å². The molecule has 2 aromatic heterocycles. The van der Waals surface area contributed by atoms with Crippen molar-refractivity contribution in [3.05, 3.63) is 102 Å². The lowest BCUT2D eigenvalue weighted by molar-refractivity contribution is 0.605. The molecular weight excluding hydrogens is 315 g/mol. The molecule has 0 aliphatic carbocycles. The van der Waals surface area contributed by atoms with Crippen molar-refractivity contribution < 1.29 is 4.39 Å². The Kier molecular flexibility index (Phi) is 5.26. The SMILES string of the molecule is N=C(/C=C(\NCc1ccccc1F)c1ccccn1)c1ccccn1. The van der Waals surface area contributed by atoms with Crippen molar-refractivity contribution in [3.8, 4) is 0 Å². The zero-order chi connectivity index (χ0) is 17.5. The maximum Gasteiger partial charge on any atom is 0.128 e. The summed E-state index contributed by atoms with van der Waals surface area (Å²) in [4.78, 5) is 8.50. The molecule has 0 spiro atoms. The molecular formula is C20H17FN4. The van der Waals surface area contributed by atoms with E-state index in [2.05, 4.69) is 15.3 Å². The van der Waals surface area contributed by atoms with Crippen LogP contribution < -0.4 is 5.32 Å². The molecule has 25 heavy (non-hydrogen) atoms. The van der Waals surface area contributed by atoms with Crippen LogP contribution in [0.3, 0.4) is 0 Å². The quantitative estimate of drug-likeness (QED) is 0.675. The van der Waals surface area contributed by atoms with Crippen LogP contribution in [0.2, 0.25) is 0 Å². The second-order valence-corrected chi connectivity index (χ2v) is 5.35. The molecule has 0 saturated heterocycles. The number of benzene rings is 1. The van der Waals surface area contributed by atoms with Gasteiger partial charge in [0.2, 0.25) is 0 Å². The molecule has 2 N–H and O–H groups in total. The van der Waals surface area contributed by atoms with E-state index in [9.17, 15) is 4.39 Å². The number of nitrogens with zero attached hydrogens (tertiary/aromatic N) is 2. The number of nitrogens with one attached hydrogen (secondary N) is 2. The third-order valence-electron chi connectivity index (χ3n) is 3.60. The Bertz CT molecular complexity index is 876. The first kappa shape index (κ1) is 16.5. The number of aromatic nitrogens is 2. The molecule has 0 aliphatic rings. The molecule has 1 aromatic carbocycles. The van der Waals surface area contributed by atoms with E-state index in [1.807, 2.05) is 24.3 Å². The maximum atomic E-state index is 13.8. The number of hydrogen-bond acceptors (Lipinski definition) is 4. The van der Waals surface area contributed by atoms with E-state index in [-0.39, 0.29) is 11.5 Å². The van der Waals surface area contributed by atoms with Crippen molar-refractivity contribution in [2.75, 3.05) is 0 Å². The lowest BCUT2D eigenvalue weighted by atomic mass is 10.1. The van der Waals surface area contributed by atoms with E-state index >= 15 is 0 Å². The first-order chi connectivity index (χ1) is 12.2. The van der Waals surface area contributed by atoms with E-state index < -0.39 is 0 Å². The molecule has 0 amide bonds. The van der Waals surface area contributed by atoms with Crippen LogP contribution in [0.5, 0.6) is 0 Å². The molecule has 0 bridgehead atoms. The van der Waals surface area contributed by atoms with Crippen molar-refractivity contribution in [1.29, 1.82) is 5.41 Å². The van der Waals surface area contributed by atoms with Gasteiger partial charge in [-0.1, -0.05) is 30.3 Å². The Morgan fingerprint density at radius 1 is 0.920 bits per heavy atom. The summed E-state index contributed by atoms with van der Waals surface area (Å²) in [6.07, 6.45) is 4.98. The number of hydrogen-bond donors (Lipinski definition) is 2. The van der Waals surface area contributed by atoms with Gasteiger partial charge in [0, 0.05) is 24.5 Å². The minimum Gasteiger partial charge on any atom is -0.379 e.